The van der Waals surface area contributed by atoms with Crippen LogP contribution >= 0.6 is 11.8 Å². The summed E-state index contributed by atoms with van der Waals surface area (Å²) in [5.41, 5.74) is 2.23. The third-order valence-corrected chi connectivity index (χ3v) is 3.66. The van der Waals surface area contributed by atoms with Crippen molar-refractivity contribution in [1.29, 1.82) is 0 Å². The maximum atomic E-state index is 4.28. The van der Waals surface area contributed by atoms with Crippen LogP contribution in [0.5, 0.6) is 0 Å². The molecule has 2 nitrogen and oxygen atoms in total. The standard InChI is InChI=1S/C11H16N2S/c1-9-4-5-10(7-12-9)13-11-3-2-6-14-8-11/h4-5,7,11,13H,2-3,6,8H2,1H3/t11-/m0/s1. The van der Waals surface area contributed by atoms with Crippen molar-refractivity contribution in [3.8, 4) is 0 Å². The van der Waals surface area contributed by atoms with Gasteiger partial charge in [-0.3, -0.25) is 4.98 Å². The Hall–Kier alpha value is -0.700. The Morgan fingerprint density at radius 1 is 1.50 bits per heavy atom. The first-order valence-electron chi connectivity index (χ1n) is 5.11. The van der Waals surface area contributed by atoms with Crippen molar-refractivity contribution in [3.63, 3.8) is 0 Å². The maximum absolute atomic E-state index is 4.28. The lowest BCUT2D eigenvalue weighted by atomic mass is 10.2. The third kappa shape index (κ3) is 2.64. The van der Waals surface area contributed by atoms with Gasteiger partial charge in [-0.25, -0.2) is 0 Å². The quantitative estimate of drug-likeness (QED) is 0.809. The Morgan fingerprint density at radius 3 is 3.07 bits per heavy atom. The van der Waals surface area contributed by atoms with Gasteiger partial charge in [0.1, 0.15) is 0 Å². The molecule has 1 atom stereocenters. The van der Waals surface area contributed by atoms with Gasteiger partial charge in [-0.2, -0.15) is 11.8 Å². The number of hydrogen-bond donors (Lipinski definition) is 1. The van der Waals surface area contributed by atoms with Crippen LogP contribution in [0.1, 0.15) is 18.5 Å². The summed E-state index contributed by atoms with van der Waals surface area (Å²) in [6, 6.07) is 4.80. The van der Waals surface area contributed by atoms with Gasteiger partial charge in [0.15, 0.2) is 0 Å². The summed E-state index contributed by atoms with van der Waals surface area (Å²) in [4.78, 5) is 4.28. The van der Waals surface area contributed by atoms with Crippen LogP contribution in [0, 0.1) is 6.92 Å². The molecule has 0 aliphatic carbocycles. The summed E-state index contributed by atoms with van der Waals surface area (Å²) >= 11 is 2.04. The van der Waals surface area contributed by atoms with E-state index in [2.05, 4.69) is 22.4 Å². The van der Waals surface area contributed by atoms with Crippen molar-refractivity contribution in [2.45, 2.75) is 25.8 Å². The lowest BCUT2D eigenvalue weighted by Crippen LogP contribution is -2.25. The molecule has 1 aliphatic rings. The molecule has 1 saturated heterocycles. The molecular formula is C11H16N2S. The second-order valence-electron chi connectivity index (χ2n) is 3.75. The summed E-state index contributed by atoms with van der Waals surface area (Å²) in [7, 11) is 0. The summed E-state index contributed by atoms with van der Waals surface area (Å²) in [5, 5.41) is 3.52. The van der Waals surface area contributed by atoms with Crippen molar-refractivity contribution in [1.82, 2.24) is 4.98 Å². The first kappa shape index (κ1) is 9.84. The maximum Gasteiger partial charge on any atom is 0.0529 e. The highest BCUT2D eigenvalue weighted by molar-refractivity contribution is 7.99. The highest BCUT2D eigenvalue weighted by atomic mass is 32.2. The van der Waals surface area contributed by atoms with E-state index in [9.17, 15) is 0 Å². The van der Waals surface area contributed by atoms with E-state index in [-0.39, 0.29) is 0 Å². The molecule has 2 heterocycles. The van der Waals surface area contributed by atoms with E-state index in [1.54, 1.807) is 0 Å². The molecule has 0 unspecified atom stereocenters. The van der Waals surface area contributed by atoms with Gasteiger partial charge in [-0.1, -0.05) is 0 Å². The zero-order valence-corrected chi connectivity index (χ0v) is 9.31. The summed E-state index contributed by atoms with van der Waals surface area (Å²) in [6.45, 7) is 2.01. The minimum absolute atomic E-state index is 0.637. The molecule has 0 saturated carbocycles. The topological polar surface area (TPSA) is 24.9 Å². The van der Waals surface area contributed by atoms with Crippen LogP contribution in [0.25, 0.3) is 0 Å². The van der Waals surface area contributed by atoms with E-state index in [0.717, 1.165) is 11.4 Å². The summed E-state index contributed by atoms with van der Waals surface area (Å²) in [5.74, 6) is 2.55. The van der Waals surface area contributed by atoms with Gasteiger partial charge >= 0.3 is 0 Å². The molecule has 0 spiro atoms. The monoisotopic (exact) mass is 208 g/mol. The predicted octanol–water partition coefficient (Wildman–Crippen LogP) is 2.70. The highest BCUT2D eigenvalue weighted by Gasteiger charge is 2.12. The minimum atomic E-state index is 0.637. The fraction of sp³-hybridized carbons (Fsp3) is 0.545. The molecule has 1 fully saturated rings. The predicted molar refractivity (Wildman–Crippen MR) is 62.9 cm³/mol. The van der Waals surface area contributed by atoms with Gasteiger partial charge in [0.25, 0.3) is 0 Å². The molecule has 14 heavy (non-hydrogen) atoms. The lowest BCUT2D eigenvalue weighted by Gasteiger charge is -2.23. The van der Waals surface area contributed by atoms with Gasteiger partial charge in [-0.15, -0.1) is 0 Å². The van der Waals surface area contributed by atoms with Crippen LogP contribution in [0.3, 0.4) is 0 Å². The first-order valence-corrected chi connectivity index (χ1v) is 6.27. The van der Waals surface area contributed by atoms with Gasteiger partial charge < -0.3 is 5.32 Å². The van der Waals surface area contributed by atoms with E-state index in [0.29, 0.717) is 6.04 Å². The van der Waals surface area contributed by atoms with Gasteiger partial charge in [-0.05, 0) is 37.7 Å². The molecule has 1 aromatic heterocycles. The average Bonchev–Trinajstić information content (AvgIpc) is 2.23. The van der Waals surface area contributed by atoms with E-state index in [1.165, 1.54) is 24.3 Å². The SMILES string of the molecule is Cc1ccc(N[C@H]2CCCSC2)cn1. The van der Waals surface area contributed by atoms with Gasteiger partial charge in [0.05, 0.1) is 11.9 Å². The normalized spacial score (nSPS) is 21.9. The number of anilines is 1. The summed E-state index contributed by atoms with van der Waals surface area (Å²) < 4.78 is 0. The summed E-state index contributed by atoms with van der Waals surface area (Å²) in [6.07, 6.45) is 4.55. The number of thioether (sulfide) groups is 1. The molecule has 3 heteroatoms. The van der Waals surface area contributed by atoms with Gasteiger partial charge in [0, 0.05) is 17.5 Å². The second kappa shape index (κ2) is 4.69. The number of hydrogen-bond acceptors (Lipinski definition) is 3. The Labute approximate surface area is 89.5 Å². The molecule has 1 aromatic rings. The van der Waals surface area contributed by atoms with Crippen molar-refractivity contribution < 1.29 is 0 Å². The Kier molecular flexibility index (Phi) is 3.30. The molecule has 76 valence electrons. The molecule has 2 rings (SSSR count). The molecule has 1 N–H and O–H groups in total. The Balaban J connectivity index is 1.92. The Bertz CT molecular complexity index is 278. The zero-order valence-electron chi connectivity index (χ0n) is 8.49. The number of aromatic nitrogens is 1. The fourth-order valence-electron chi connectivity index (χ4n) is 1.64. The van der Waals surface area contributed by atoms with Crippen LogP contribution < -0.4 is 5.32 Å². The largest absolute Gasteiger partial charge is 0.380 e. The van der Waals surface area contributed by atoms with Crippen LogP contribution in [0.2, 0.25) is 0 Å². The van der Waals surface area contributed by atoms with Crippen molar-refractivity contribution in [3.05, 3.63) is 24.0 Å². The minimum Gasteiger partial charge on any atom is -0.380 e. The molecular weight excluding hydrogens is 192 g/mol. The van der Waals surface area contributed by atoms with Crippen LogP contribution in [-0.4, -0.2) is 22.5 Å². The highest BCUT2D eigenvalue weighted by Crippen LogP contribution is 2.20. The van der Waals surface area contributed by atoms with E-state index in [1.807, 2.05) is 24.9 Å². The second-order valence-corrected chi connectivity index (χ2v) is 4.90. The molecule has 0 aromatic carbocycles. The smallest absolute Gasteiger partial charge is 0.0529 e. The zero-order chi connectivity index (χ0) is 9.80. The van der Waals surface area contributed by atoms with Crippen molar-refractivity contribution >= 4 is 17.4 Å². The third-order valence-electron chi connectivity index (χ3n) is 2.44. The van der Waals surface area contributed by atoms with Crippen LogP contribution in [0.4, 0.5) is 5.69 Å². The molecule has 0 radical (unpaired) electrons. The molecule has 0 bridgehead atoms. The number of aryl methyl sites for hydroxylation is 1. The van der Waals surface area contributed by atoms with Gasteiger partial charge in [0.2, 0.25) is 0 Å². The Morgan fingerprint density at radius 2 is 2.43 bits per heavy atom. The van der Waals surface area contributed by atoms with E-state index in [4.69, 9.17) is 0 Å². The van der Waals surface area contributed by atoms with E-state index >= 15 is 0 Å². The van der Waals surface area contributed by atoms with Crippen molar-refractivity contribution in [2.75, 3.05) is 16.8 Å². The lowest BCUT2D eigenvalue weighted by molar-refractivity contribution is 0.685. The van der Waals surface area contributed by atoms with Crippen LogP contribution in [0.15, 0.2) is 18.3 Å². The molecule has 0 amide bonds. The number of pyridine rings is 1. The molecule has 1 aliphatic heterocycles. The van der Waals surface area contributed by atoms with Crippen LogP contribution in [-0.2, 0) is 0 Å². The number of rotatable bonds is 2. The average molecular weight is 208 g/mol. The fourth-order valence-corrected chi connectivity index (χ4v) is 2.72. The van der Waals surface area contributed by atoms with E-state index < -0.39 is 0 Å². The van der Waals surface area contributed by atoms with Crippen molar-refractivity contribution in [2.24, 2.45) is 0 Å². The number of nitrogens with zero attached hydrogens (tertiary/aromatic N) is 1. The number of nitrogens with one attached hydrogen (secondary N) is 1. The first-order chi connectivity index (χ1) is 6.84.